The Balaban J connectivity index is 1.00. The van der Waals surface area contributed by atoms with Crippen molar-refractivity contribution >= 4 is 74.9 Å². The van der Waals surface area contributed by atoms with Gasteiger partial charge in [0.2, 0.25) is 0 Å². The van der Waals surface area contributed by atoms with E-state index < -0.39 is 0 Å². The average Bonchev–Trinajstić information content (AvgIpc) is 3.83. The maximum absolute atomic E-state index is 2.44. The van der Waals surface area contributed by atoms with Crippen LogP contribution in [0.3, 0.4) is 0 Å². The fourth-order valence-electron chi connectivity index (χ4n) is 9.24. The van der Waals surface area contributed by atoms with Crippen molar-refractivity contribution in [3.8, 4) is 50.2 Å². The molecule has 2 heterocycles. The average molecular weight is 754 g/mol. The van der Waals surface area contributed by atoms with E-state index in [9.17, 15) is 0 Å². The maximum Gasteiger partial charge on any atom is 0.0541 e. The van der Waals surface area contributed by atoms with Crippen molar-refractivity contribution in [2.24, 2.45) is 0 Å². The number of aromatic nitrogens is 1. The number of hydrogen-bond acceptors (Lipinski definition) is 1. The molecule has 0 unspecified atom stereocenters. The monoisotopic (exact) mass is 753 g/mol. The van der Waals surface area contributed by atoms with E-state index in [1.807, 2.05) is 11.3 Å². The number of para-hydroxylation sites is 1. The molecule has 10 aromatic carbocycles. The molecular weight excluding hydrogens is 719 g/mol. The lowest BCUT2D eigenvalue weighted by Gasteiger charge is -2.16. The summed E-state index contributed by atoms with van der Waals surface area (Å²) in [5.74, 6) is 0. The Bertz CT molecular complexity index is 3550. The molecule has 0 fully saturated rings. The van der Waals surface area contributed by atoms with Crippen LogP contribution in [0.2, 0.25) is 0 Å². The Morgan fingerprint density at radius 2 is 0.897 bits per heavy atom. The zero-order valence-corrected chi connectivity index (χ0v) is 32.4. The lowest BCUT2D eigenvalue weighted by Crippen LogP contribution is -1.93. The van der Waals surface area contributed by atoms with Crippen LogP contribution in [-0.4, -0.2) is 4.57 Å². The van der Waals surface area contributed by atoms with Gasteiger partial charge in [0.15, 0.2) is 0 Å². The van der Waals surface area contributed by atoms with Crippen molar-refractivity contribution in [2.45, 2.75) is 0 Å². The molecule has 1 nitrogen and oxygen atoms in total. The summed E-state index contributed by atoms with van der Waals surface area (Å²) in [6.07, 6.45) is 0. The number of benzene rings is 10. The molecule has 0 N–H and O–H groups in total. The van der Waals surface area contributed by atoms with Gasteiger partial charge in [-0.1, -0.05) is 158 Å². The predicted molar refractivity (Wildman–Crippen MR) is 250 cm³/mol. The van der Waals surface area contributed by atoms with Gasteiger partial charge in [-0.15, -0.1) is 11.3 Å². The Morgan fingerprint density at radius 1 is 0.276 bits per heavy atom. The highest BCUT2D eigenvalue weighted by Crippen LogP contribution is 2.43. The van der Waals surface area contributed by atoms with Crippen LogP contribution in [0.15, 0.2) is 212 Å². The summed E-state index contributed by atoms with van der Waals surface area (Å²) in [7, 11) is 0. The minimum absolute atomic E-state index is 1.18. The normalized spacial score (nSPS) is 11.8. The number of rotatable bonds is 5. The Labute approximate surface area is 340 Å². The third-order valence-electron chi connectivity index (χ3n) is 12.0. The second-order valence-corrected chi connectivity index (χ2v) is 16.3. The SMILES string of the molecule is c1ccc(-c2ccc3c(c2)sc2ccc(-n4c5ccccc5c5cc(-c6ccc7c(-c8ccccc8-c8ccccc8)cc8ccccc8c7c6)ccc54)cc23)cc1. The fourth-order valence-corrected chi connectivity index (χ4v) is 10.4. The maximum atomic E-state index is 2.44. The zero-order valence-electron chi connectivity index (χ0n) is 31.6. The largest absolute Gasteiger partial charge is 0.309 e. The molecule has 0 aliphatic carbocycles. The quantitative estimate of drug-likeness (QED) is 0.154. The molecule has 270 valence electrons. The van der Waals surface area contributed by atoms with Crippen LogP contribution in [-0.2, 0) is 0 Å². The van der Waals surface area contributed by atoms with Gasteiger partial charge in [-0.05, 0) is 121 Å². The van der Waals surface area contributed by atoms with E-state index in [4.69, 9.17) is 0 Å². The van der Waals surface area contributed by atoms with Gasteiger partial charge >= 0.3 is 0 Å². The predicted octanol–water partition coefficient (Wildman–Crippen LogP) is 16.1. The van der Waals surface area contributed by atoms with Gasteiger partial charge in [-0.3, -0.25) is 0 Å². The first-order chi connectivity index (χ1) is 28.7. The summed E-state index contributed by atoms with van der Waals surface area (Å²) in [6, 6.07) is 78.2. The first kappa shape index (κ1) is 32.9. The van der Waals surface area contributed by atoms with Crippen molar-refractivity contribution in [2.75, 3.05) is 0 Å². The first-order valence-corrected chi connectivity index (χ1v) is 20.7. The van der Waals surface area contributed by atoms with Crippen LogP contribution in [0.5, 0.6) is 0 Å². The van der Waals surface area contributed by atoms with E-state index in [1.54, 1.807) is 0 Å². The topological polar surface area (TPSA) is 4.93 Å². The van der Waals surface area contributed by atoms with E-state index in [-0.39, 0.29) is 0 Å². The van der Waals surface area contributed by atoms with Crippen molar-refractivity contribution in [1.29, 1.82) is 0 Å². The van der Waals surface area contributed by atoms with E-state index in [2.05, 4.69) is 217 Å². The molecule has 2 heteroatoms. The second-order valence-electron chi connectivity index (χ2n) is 15.3. The molecule has 0 bridgehead atoms. The van der Waals surface area contributed by atoms with Crippen LogP contribution < -0.4 is 0 Å². The number of nitrogens with zero attached hydrogens (tertiary/aromatic N) is 1. The van der Waals surface area contributed by atoms with Gasteiger partial charge in [0, 0.05) is 36.6 Å². The zero-order chi connectivity index (χ0) is 38.2. The molecule has 0 saturated carbocycles. The van der Waals surface area contributed by atoms with Crippen LogP contribution in [0.4, 0.5) is 0 Å². The molecular formula is C56H35NS. The Hall–Kier alpha value is -7.26. The lowest BCUT2D eigenvalue weighted by atomic mass is 9.88. The summed E-state index contributed by atoms with van der Waals surface area (Å²) >= 11 is 1.87. The minimum atomic E-state index is 1.18. The van der Waals surface area contributed by atoms with Crippen LogP contribution >= 0.6 is 11.3 Å². The van der Waals surface area contributed by atoms with Crippen molar-refractivity contribution in [3.05, 3.63) is 212 Å². The van der Waals surface area contributed by atoms with Crippen LogP contribution in [0.1, 0.15) is 0 Å². The number of fused-ring (bicyclic) bond motifs is 9. The molecule has 0 aliphatic heterocycles. The molecule has 0 saturated heterocycles. The third-order valence-corrected chi connectivity index (χ3v) is 13.1. The molecule has 0 radical (unpaired) electrons. The Kier molecular flexibility index (Phi) is 7.47. The summed E-state index contributed by atoms with van der Waals surface area (Å²) in [4.78, 5) is 0. The van der Waals surface area contributed by atoms with Crippen molar-refractivity contribution in [1.82, 2.24) is 4.57 Å². The first-order valence-electron chi connectivity index (χ1n) is 19.9. The van der Waals surface area contributed by atoms with Crippen molar-refractivity contribution < 1.29 is 0 Å². The van der Waals surface area contributed by atoms with Gasteiger partial charge in [0.25, 0.3) is 0 Å². The van der Waals surface area contributed by atoms with Gasteiger partial charge in [-0.2, -0.15) is 0 Å². The summed E-state index contributed by atoms with van der Waals surface area (Å²) < 4.78 is 5.07. The van der Waals surface area contributed by atoms with E-state index in [0.717, 1.165) is 0 Å². The standard InChI is InChI=1S/C56H35NS/c1-3-13-36(14-4-1)40-24-28-48-52-35-42(26-30-55(52)58-56(48)34-40)57-53-22-12-11-21-47(53)51-32-39(25-29-54(51)57)38-23-27-46-49(31-38)44-19-8-7-17-41(44)33-50(46)45-20-10-9-18-43(45)37-15-5-2-6-16-37/h1-35H. The molecule has 2 aromatic heterocycles. The highest BCUT2D eigenvalue weighted by Gasteiger charge is 2.17. The van der Waals surface area contributed by atoms with Gasteiger partial charge in [-0.25, -0.2) is 0 Å². The van der Waals surface area contributed by atoms with Crippen LogP contribution in [0, 0.1) is 0 Å². The lowest BCUT2D eigenvalue weighted by molar-refractivity contribution is 1.19. The molecule has 0 spiro atoms. The number of hydrogen-bond donors (Lipinski definition) is 0. The third kappa shape index (κ3) is 5.23. The molecule has 0 aliphatic rings. The molecule has 12 aromatic rings. The Morgan fingerprint density at radius 3 is 1.72 bits per heavy atom. The summed E-state index contributed by atoms with van der Waals surface area (Å²) in [6.45, 7) is 0. The minimum Gasteiger partial charge on any atom is -0.309 e. The summed E-state index contributed by atoms with van der Waals surface area (Å²) in [5.41, 5.74) is 13.5. The van der Waals surface area contributed by atoms with E-state index in [0.29, 0.717) is 0 Å². The highest BCUT2D eigenvalue weighted by atomic mass is 32.1. The molecule has 0 amide bonds. The molecule has 0 atom stereocenters. The molecule has 12 rings (SSSR count). The van der Waals surface area contributed by atoms with Gasteiger partial charge < -0.3 is 4.57 Å². The summed E-state index contributed by atoms with van der Waals surface area (Å²) in [5, 5.41) is 10.2. The van der Waals surface area contributed by atoms with E-state index in [1.165, 1.54) is 114 Å². The smallest absolute Gasteiger partial charge is 0.0541 e. The van der Waals surface area contributed by atoms with Crippen LogP contribution in [0.25, 0.3) is 114 Å². The number of thiophene rings is 1. The second kappa shape index (κ2) is 13.2. The van der Waals surface area contributed by atoms with Crippen molar-refractivity contribution in [3.63, 3.8) is 0 Å². The van der Waals surface area contributed by atoms with Gasteiger partial charge in [0.1, 0.15) is 0 Å². The highest BCUT2D eigenvalue weighted by molar-refractivity contribution is 7.25. The molecule has 58 heavy (non-hydrogen) atoms. The fraction of sp³-hybridized carbons (Fsp3) is 0. The van der Waals surface area contributed by atoms with Gasteiger partial charge in [0.05, 0.1) is 11.0 Å². The van der Waals surface area contributed by atoms with E-state index >= 15 is 0 Å².